The number of Topliss-reactive ketones (excluding diaryl/α,β-unsaturated/α-hetero) is 1. The molecule has 5 heteroatoms. The average molecular weight is 196 g/mol. The lowest BCUT2D eigenvalue weighted by Crippen LogP contribution is -2.02. The smallest absolute Gasteiger partial charge is 0.303 e. The standard InChI is InChI=1S/C9H12N2O3/c12-7(9-10-5-6-11-9)3-1-2-4-8(13)14/h5-6H,1-4H2,(H,10,11)(H,13,14). The second-order valence-electron chi connectivity index (χ2n) is 2.96. The van der Waals surface area contributed by atoms with Gasteiger partial charge in [0.1, 0.15) is 0 Å². The summed E-state index contributed by atoms with van der Waals surface area (Å²) in [6.07, 6.45) is 4.69. The van der Waals surface area contributed by atoms with Gasteiger partial charge in [-0.1, -0.05) is 0 Å². The first-order valence-corrected chi connectivity index (χ1v) is 4.44. The molecule has 1 heterocycles. The van der Waals surface area contributed by atoms with Gasteiger partial charge in [-0.3, -0.25) is 9.59 Å². The second-order valence-corrected chi connectivity index (χ2v) is 2.96. The van der Waals surface area contributed by atoms with Crippen LogP contribution in [0, 0.1) is 0 Å². The van der Waals surface area contributed by atoms with Gasteiger partial charge in [-0.05, 0) is 12.8 Å². The zero-order valence-corrected chi connectivity index (χ0v) is 7.69. The Morgan fingerprint density at radius 3 is 2.64 bits per heavy atom. The van der Waals surface area contributed by atoms with Gasteiger partial charge in [0.2, 0.25) is 0 Å². The maximum Gasteiger partial charge on any atom is 0.303 e. The summed E-state index contributed by atoms with van der Waals surface area (Å²) in [6.45, 7) is 0. The van der Waals surface area contributed by atoms with Crippen molar-refractivity contribution in [2.24, 2.45) is 0 Å². The lowest BCUT2D eigenvalue weighted by Gasteiger charge is -1.96. The summed E-state index contributed by atoms with van der Waals surface area (Å²) in [5.74, 6) is -0.545. The molecule has 0 fully saturated rings. The topological polar surface area (TPSA) is 83.0 Å². The Labute approximate surface area is 81.2 Å². The number of hydrogen-bond donors (Lipinski definition) is 2. The minimum Gasteiger partial charge on any atom is -0.481 e. The first kappa shape index (κ1) is 10.4. The number of hydrogen-bond acceptors (Lipinski definition) is 3. The monoisotopic (exact) mass is 196 g/mol. The van der Waals surface area contributed by atoms with E-state index in [9.17, 15) is 9.59 Å². The van der Waals surface area contributed by atoms with Gasteiger partial charge in [0.15, 0.2) is 11.6 Å². The molecule has 1 rings (SSSR count). The highest BCUT2D eigenvalue weighted by Gasteiger charge is 2.07. The van der Waals surface area contributed by atoms with Gasteiger partial charge in [0, 0.05) is 25.2 Å². The summed E-state index contributed by atoms with van der Waals surface area (Å²) in [6, 6.07) is 0. The maximum atomic E-state index is 11.3. The molecule has 0 spiro atoms. The Bertz CT molecular complexity index is 306. The summed E-state index contributed by atoms with van der Waals surface area (Å²) in [5.41, 5.74) is 0. The Morgan fingerprint density at radius 2 is 2.07 bits per heavy atom. The van der Waals surface area contributed by atoms with Crippen LogP contribution in [0.2, 0.25) is 0 Å². The van der Waals surface area contributed by atoms with Gasteiger partial charge in [0.05, 0.1) is 0 Å². The number of aromatic nitrogens is 2. The van der Waals surface area contributed by atoms with Crippen LogP contribution in [-0.2, 0) is 4.79 Å². The fourth-order valence-corrected chi connectivity index (χ4v) is 1.10. The molecule has 0 aromatic carbocycles. The number of carboxylic acid groups (broad SMARTS) is 1. The van der Waals surface area contributed by atoms with E-state index in [0.29, 0.717) is 25.1 Å². The SMILES string of the molecule is O=C(O)CCCCC(=O)c1ncc[nH]1. The number of unbranched alkanes of at least 4 members (excludes halogenated alkanes) is 1. The zero-order chi connectivity index (χ0) is 10.4. The summed E-state index contributed by atoms with van der Waals surface area (Å²) in [4.78, 5) is 28.0. The van der Waals surface area contributed by atoms with Crippen molar-refractivity contribution >= 4 is 11.8 Å². The van der Waals surface area contributed by atoms with Gasteiger partial charge < -0.3 is 10.1 Å². The molecule has 0 bridgehead atoms. The van der Waals surface area contributed by atoms with Crippen LogP contribution in [0.15, 0.2) is 12.4 Å². The molecule has 0 atom stereocenters. The summed E-state index contributed by atoms with van der Waals surface area (Å²) in [5, 5.41) is 8.36. The molecule has 2 N–H and O–H groups in total. The Morgan fingerprint density at radius 1 is 1.36 bits per heavy atom. The largest absolute Gasteiger partial charge is 0.481 e. The molecule has 5 nitrogen and oxygen atoms in total. The fraction of sp³-hybridized carbons (Fsp3) is 0.444. The second kappa shape index (κ2) is 5.16. The molecule has 1 aromatic heterocycles. The van der Waals surface area contributed by atoms with Crippen molar-refractivity contribution in [1.29, 1.82) is 0 Å². The van der Waals surface area contributed by atoms with Crippen molar-refractivity contribution in [2.75, 3.05) is 0 Å². The number of carbonyl (C=O) groups excluding carboxylic acids is 1. The molecule has 0 aliphatic heterocycles. The number of carbonyl (C=O) groups is 2. The van der Waals surface area contributed by atoms with E-state index < -0.39 is 5.97 Å². The number of rotatable bonds is 6. The third kappa shape index (κ3) is 3.38. The first-order chi connectivity index (χ1) is 6.70. The summed E-state index contributed by atoms with van der Waals surface area (Å²) < 4.78 is 0. The van der Waals surface area contributed by atoms with Gasteiger partial charge in [0.25, 0.3) is 0 Å². The Hall–Kier alpha value is -1.65. The molecule has 0 saturated carbocycles. The Balaban J connectivity index is 2.19. The van der Waals surface area contributed by atoms with Crippen LogP contribution >= 0.6 is 0 Å². The molecule has 0 aliphatic carbocycles. The molecule has 0 radical (unpaired) electrons. The average Bonchev–Trinajstić information content (AvgIpc) is 2.64. The highest BCUT2D eigenvalue weighted by molar-refractivity contribution is 5.92. The van der Waals surface area contributed by atoms with Crippen LogP contribution in [0.3, 0.4) is 0 Å². The highest BCUT2D eigenvalue weighted by atomic mass is 16.4. The van der Waals surface area contributed by atoms with Crippen LogP contribution in [-0.4, -0.2) is 26.8 Å². The minimum atomic E-state index is -0.824. The van der Waals surface area contributed by atoms with E-state index in [4.69, 9.17) is 5.11 Å². The van der Waals surface area contributed by atoms with Crippen molar-refractivity contribution < 1.29 is 14.7 Å². The van der Waals surface area contributed by atoms with Crippen LogP contribution in [0.4, 0.5) is 0 Å². The van der Waals surface area contributed by atoms with Gasteiger partial charge in [-0.15, -0.1) is 0 Å². The highest BCUT2D eigenvalue weighted by Crippen LogP contribution is 2.04. The van der Waals surface area contributed by atoms with E-state index in [1.807, 2.05) is 0 Å². The van der Waals surface area contributed by atoms with Gasteiger partial charge in [-0.25, -0.2) is 4.98 Å². The van der Waals surface area contributed by atoms with Crippen molar-refractivity contribution in [1.82, 2.24) is 9.97 Å². The lowest BCUT2D eigenvalue weighted by molar-refractivity contribution is -0.137. The summed E-state index contributed by atoms with van der Waals surface area (Å²) in [7, 11) is 0. The normalized spacial score (nSPS) is 10.0. The molecule has 0 amide bonds. The molecule has 0 saturated heterocycles. The number of imidazole rings is 1. The van der Waals surface area contributed by atoms with E-state index in [2.05, 4.69) is 9.97 Å². The molecular formula is C9H12N2O3. The molecule has 76 valence electrons. The molecule has 14 heavy (non-hydrogen) atoms. The van der Waals surface area contributed by atoms with Gasteiger partial charge in [-0.2, -0.15) is 0 Å². The van der Waals surface area contributed by atoms with E-state index in [1.54, 1.807) is 6.20 Å². The fourth-order valence-electron chi connectivity index (χ4n) is 1.10. The number of aliphatic carboxylic acids is 1. The zero-order valence-electron chi connectivity index (χ0n) is 7.69. The predicted molar refractivity (Wildman–Crippen MR) is 49.0 cm³/mol. The maximum absolute atomic E-state index is 11.3. The number of H-pyrrole nitrogens is 1. The van der Waals surface area contributed by atoms with E-state index in [0.717, 1.165) is 0 Å². The number of ketones is 1. The predicted octanol–water partition coefficient (Wildman–Crippen LogP) is 1.24. The van der Waals surface area contributed by atoms with Gasteiger partial charge >= 0.3 is 5.97 Å². The molecular weight excluding hydrogens is 184 g/mol. The van der Waals surface area contributed by atoms with Crippen molar-refractivity contribution in [2.45, 2.75) is 25.7 Å². The third-order valence-electron chi connectivity index (χ3n) is 1.81. The number of carboxylic acids is 1. The van der Waals surface area contributed by atoms with Crippen LogP contribution in [0.5, 0.6) is 0 Å². The quantitative estimate of drug-likeness (QED) is 0.529. The number of aromatic amines is 1. The number of nitrogens with one attached hydrogen (secondary N) is 1. The Kier molecular flexibility index (Phi) is 3.84. The lowest BCUT2D eigenvalue weighted by atomic mass is 10.1. The van der Waals surface area contributed by atoms with Crippen molar-refractivity contribution in [3.63, 3.8) is 0 Å². The molecule has 1 aromatic rings. The van der Waals surface area contributed by atoms with Crippen LogP contribution in [0.25, 0.3) is 0 Å². The van der Waals surface area contributed by atoms with Crippen molar-refractivity contribution in [3.05, 3.63) is 18.2 Å². The first-order valence-electron chi connectivity index (χ1n) is 4.44. The van der Waals surface area contributed by atoms with E-state index in [-0.39, 0.29) is 12.2 Å². The minimum absolute atomic E-state index is 0.0691. The molecule has 0 unspecified atom stereocenters. The third-order valence-corrected chi connectivity index (χ3v) is 1.81. The number of nitrogens with zero attached hydrogens (tertiary/aromatic N) is 1. The van der Waals surface area contributed by atoms with E-state index >= 15 is 0 Å². The molecule has 0 aliphatic rings. The van der Waals surface area contributed by atoms with Crippen molar-refractivity contribution in [3.8, 4) is 0 Å². The van der Waals surface area contributed by atoms with E-state index in [1.165, 1.54) is 6.20 Å². The summed E-state index contributed by atoms with van der Waals surface area (Å²) >= 11 is 0. The van der Waals surface area contributed by atoms with Crippen LogP contribution < -0.4 is 0 Å². The van der Waals surface area contributed by atoms with Crippen LogP contribution in [0.1, 0.15) is 36.3 Å².